The van der Waals surface area contributed by atoms with Crippen molar-refractivity contribution >= 4 is 46.5 Å². The molecule has 1 amide bonds. The van der Waals surface area contributed by atoms with Crippen LogP contribution in [-0.2, 0) is 4.79 Å². The molecule has 2 aromatic carbocycles. The Morgan fingerprint density at radius 2 is 1.89 bits per heavy atom. The zero-order chi connectivity index (χ0) is 18.5. The number of aromatic nitrogens is 1. The number of nitrogens with one attached hydrogen (secondary N) is 1. The van der Waals surface area contributed by atoms with Gasteiger partial charge in [0.25, 0.3) is 5.91 Å². The molecule has 3 aromatic rings. The minimum absolute atomic E-state index is 0.00665. The number of benzene rings is 2. The Labute approximate surface area is 170 Å². The molecule has 1 saturated heterocycles. The Kier molecular flexibility index (Phi) is 6.01. The number of ether oxygens (including phenoxy) is 1. The van der Waals surface area contributed by atoms with E-state index in [4.69, 9.17) is 4.74 Å². The molecule has 1 fully saturated rings. The number of carbonyl (C=O) groups excluding carboxylic acids is 1. The lowest BCUT2D eigenvalue weighted by molar-refractivity contribution is -0.118. The molecule has 7 heteroatoms. The quantitative estimate of drug-likeness (QED) is 0.593. The molecule has 27 heavy (non-hydrogen) atoms. The molecule has 0 aliphatic carbocycles. The Hall–Kier alpha value is -1.96. The Bertz CT molecular complexity index is 892. The molecule has 4 nitrogen and oxygen atoms in total. The van der Waals surface area contributed by atoms with Crippen LogP contribution >= 0.6 is 34.9 Å². The SMILES string of the molecule is O=C(COc1ccccc1C1SCCS1)Nc1ccc(-c2nccs2)cc1. The van der Waals surface area contributed by atoms with E-state index in [1.54, 1.807) is 17.5 Å². The van der Waals surface area contributed by atoms with Crippen molar-refractivity contribution in [2.45, 2.75) is 4.58 Å². The number of nitrogens with zero attached hydrogens (tertiary/aromatic N) is 1. The summed E-state index contributed by atoms with van der Waals surface area (Å²) < 4.78 is 6.21. The summed E-state index contributed by atoms with van der Waals surface area (Å²) in [4.78, 5) is 16.6. The Morgan fingerprint density at radius 1 is 1.11 bits per heavy atom. The maximum absolute atomic E-state index is 12.3. The van der Waals surface area contributed by atoms with Crippen LogP contribution in [-0.4, -0.2) is 29.0 Å². The summed E-state index contributed by atoms with van der Waals surface area (Å²) in [6, 6.07) is 15.7. The third-order valence-corrected chi connectivity index (χ3v) is 7.89. The summed E-state index contributed by atoms with van der Waals surface area (Å²) in [5.41, 5.74) is 2.95. The number of thiazole rings is 1. The van der Waals surface area contributed by atoms with Crippen molar-refractivity contribution in [2.24, 2.45) is 0 Å². The van der Waals surface area contributed by atoms with E-state index in [1.165, 1.54) is 0 Å². The van der Waals surface area contributed by atoms with Crippen LogP contribution in [0.3, 0.4) is 0 Å². The minimum Gasteiger partial charge on any atom is -0.483 e. The molecule has 2 heterocycles. The van der Waals surface area contributed by atoms with Crippen LogP contribution in [0, 0.1) is 0 Å². The molecule has 0 atom stereocenters. The van der Waals surface area contributed by atoms with Crippen molar-refractivity contribution in [3.8, 4) is 16.3 Å². The molecule has 1 aliphatic rings. The monoisotopic (exact) mass is 414 g/mol. The van der Waals surface area contributed by atoms with E-state index < -0.39 is 0 Å². The molecule has 1 aliphatic heterocycles. The highest BCUT2D eigenvalue weighted by Gasteiger charge is 2.21. The topological polar surface area (TPSA) is 51.2 Å². The summed E-state index contributed by atoms with van der Waals surface area (Å²) in [5.74, 6) is 2.93. The third kappa shape index (κ3) is 4.66. The zero-order valence-corrected chi connectivity index (χ0v) is 16.9. The van der Waals surface area contributed by atoms with E-state index in [-0.39, 0.29) is 12.5 Å². The van der Waals surface area contributed by atoms with E-state index in [9.17, 15) is 4.79 Å². The number of rotatable bonds is 6. The van der Waals surface area contributed by atoms with Gasteiger partial charge >= 0.3 is 0 Å². The van der Waals surface area contributed by atoms with Crippen LogP contribution in [0.15, 0.2) is 60.1 Å². The fourth-order valence-corrected chi connectivity index (χ4v) is 6.30. The molecule has 0 radical (unpaired) electrons. The lowest BCUT2D eigenvalue weighted by Crippen LogP contribution is -2.20. The highest BCUT2D eigenvalue weighted by atomic mass is 32.2. The van der Waals surface area contributed by atoms with Crippen molar-refractivity contribution < 1.29 is 9.53 Å². The molecule has 4 rings (SSSR count). The van der Waals surface area contributed by atoms with E-state index >= 15 is 0 Å². The first-order valence-electron chi connectivity index (χ1n) is 8.54. The molecular weight excluding hydrogens is 396 g/mol. The van der Waals surface area contributed by atoms with E-state index in [2.05, 4.69) is 16.4 Å². The van der Waals surface area contributed by atoms with Crippen LogP contribution in [0.25, 0.3) is 10.6 Å². The van der Waals surface area contributed by atoms with Crippen molar-refractivity contribution in [1.29, 1.82) is 0 Å². The van der Waals surface area contributed by atoms with Gasteiger partial charge in [0.2, 0.25) is 0 Å². The largest absolute Gasteiger partial charge is 0.483 e. The predicted octanol–water partition coefficient (Wildman–Crippen LogP) is 5.31. The minimum atomic E-state index is -0.168. The van der Waals surface area contributed by atoms with Crippen LogP contribution in [0.4, 0.5) is 5.69 Å². The van der Waals surface area contributed by atoms with Gasteiger partial charge in [0.1, 0.15) is 10.8 Å². The van der Waals surface area contributed by atoms with Gasteiger partial charge in [-0.1, -0.05) is 18.2 Å². The number of hydrogen-bond donors (Lipinski definition) is 1. The second-order valence-electron chi connectivity index (χ2n) is 5.86. The number of hydrogen-bond acceptors (Lipinski definition) is 6. The molecule has 0 unspecified atom stereocenters. The molecule has 1 N–H and O–H groups in total. The molecule has 0 bridgehead atoms. The fraction of sp³-hybridized carbons (Fsp3) is 0.200. The highest BCUT2D eigenvalue weighted by molar-refractivity contribution is 8.19. The number of amides is 1. The van der Waals surface area contributed by atoms with Crippen LogP contribution in [0.1, 0.15) is 10.1 Å². The number of para-hydroxylation sites is 1. The maximum Gasteiger partial charge on any atom is 0.262 e. The van der Waals surface area contributed by atoms with Crippen LogP contribution in [0.2, 0.25) is 0 Å². The number of anilines is 1. The Morgan fingerprint density at radius 3 is 2.63 bits per heavy atom. The normalized spacial score (nSPS) is 14.2. The summed E-state index contributed by atoms with van der Waals surface area (Å²) in [6.45, 7) is -0.00665. The fourth-order valence-electron chi connectivity index (χ4n) is 2.75. The second-order valence-corrected chi connectivity index (χ2v) is 9.48. The van der Waals surface area contributed by atoms with Gasteiger partial charge in [-0.25, -0.2) is 4.98 Å². The zero-order valence-electron chi connectivity index (χ0n) is 14.5. The van der Waals surface area contributed by atoms with Gasteiger partial charge in [-0.15, -0.1) is 34.9 Å². The van der Waals surface area contributed by atoms with Gasteiger partial charge in [-0.2, -0.15) is 0 Å². The third-order valence-electron chi connectivity index (χ3n) is 4.00. The second kappa shape index (κ2) is 8.82. The van der Waals surface area contributed by atoms with Gasteiger partial charge in [-0.3, -0.25) is 4.79 Å². The van der Waals surface area contributed by atoms with Crippen LogP contribution in [0.5, 0.6) is 5.75 Å². The summed E-state index contributed by atoms with van der Waals surface area (Å²) >= 11 is 5.44. The molecule has 0 saturated carbocycles. The van der Waals surface area contributed by atoms with Gasteiger partial charge in [0, 0.05) is 39.9 Å². The average Bonchev–Trinajstić information content (AvgIpc) is 3.41. The standard InChI is InChI=1S/C20H18N2O2S3/c23-18(22-15-7-5-14(6-8-15)19-21-9-10-25-19)13-24-17-4-2-1-3-16(17)20-26-11-12-27-20/h1-10,20H,11-13H2,(H,22,23). The Balaban J connectivity index is 1.35. The molecule has 1 aromatic heterocycles. The average molecular weight is 415 g/mol. The number of thioether (sulfide) groups is 2. The molecule has 0 spiro atoms. The van der Waals surface area contributed by atoms with Crippen molar-refractivity contribution in [1.82, 2.24) is 4.98 Å². The van der Waals surface area contributed by atoms with Gasteiger partial charge in [0.15, 0.2) is 6.61 Å². The smallest absolute Gasteiger partial charge is 0.262 e. The van der Waals surface area contributed by atoms with Crippen molar-refractivity contribution in [2.75, 3.05) is 23.4 Å². The molecular formula is C20H18N2O2S3. The van der Waals surface area contributed by atoms with E-state index in [0.717, 1.165) is 39.1 Å². The lowest BCUT2D eigenvalue weighted by atomic mass is 10.2. The molecule has 138 valence electrons. The van der Waals surface area contributed by atoms with Gasteiger partial charge in [-0.05, 0) is 30.3 Å². The summed E-state index contributed by atoms with van der Waals surface area (Å²) in [5, 5.41) is 5.80. The first-order chi connectivity index (χ1) is 13.3. The lowest BCUT2D eigenvalue weighted by Gasteiger charge is -2.15. The highest BCUT2D eigenvalue weighted by Crippen LogP contribution is 2.48. The van der Waals surface area contributed by atoms with Gasteiger partial charge < -0.3 is 10.1 Å². The maximum atomic E-state index is 12.3. The first kappa shape index (κ1) is 18.4. The predicted molar refractivity (Wildman–Crippen MR) is 116 cm³/mol. The summed E-state index contributed by atoms with van der Waals surface area (Å²) in [7, 11) is 0. The van der Waals surface area contributed by atoms with E-state index in [0.29, 0.717) is 4.58 Å². The van der Waals surface area contributed by atoms with Crippen molar-refractivity contribution in [3.63, 3.8) is 0 Å². The first-order valence-corrected chi connectivity index (χ1v) is 11.5. The van der Waals surface area contributed by atoms with E-state index in [1.807, 2.05) is 71.4 Å². The van der Waals surface area contributed by atoms with Crippen molar-refractivity contribution in [3.05, 3.63) is 65.7 Å². The van der Waals surface area contributed by atoms with Gasteiger partial charge in [0.05, 0.1) is 4.58 Å². The summed E-state index contributed by atoms with van der Waals surface area (Å²) in [6.07, 6.45) is 1.79. The van der Waals surface area contributed by atoms with Crippen LogP contribution < -0.4 is 10.1 Å². The number of carbonyl (C=O) groups is 1.